The Morgan fingerprint density at radius 3 is 2.79 bits per heavy atom. The molecule has 2 N–H and O–H groups in total. The second-order valence-electron chi connectivity index (χ2n) is 2.43. The van der Waals surface area contributed by atoms with Crippen molar-refractivity contribution in [1.29, 1.82) is 0 Å². The highest BCUT2D eigenvalue weighted by Gasteiger charge is 2.14. The molecule has 74 valence electrons. The van der Waals surface area contributed by atoms with Crippen LogP contribution in [0.15, 0.2) is 15.5 Å². The van der Waals surface area contributed by atoms with Crippen molar-refractivity contribution in [2.75, 3.05) is 0 Å². The fourth-order valence-electron chi connectivity index (χ4n) is 0.892. The maximum Gasteiger partial charge on any atom is 0.235 e. The summed E-state index contributed by atoms with van der Waals surface area (Å²) in [5.74, 6) is -1.82. The highest BCUT2D eigenvalue weighted by Crippen LogP contribution is 2.37. The van der Waals surface area contributed by atoms with E-state index in [0.717, 1.165) is 6.07 Å². The van der Waals surface area contributed by atoms with E-state index in [1.54, 1.807) is 0 Å². The summed E-state index contributed by atoms with van der Waals surface area (Å²) in [4.78, 5) is 13.0. The van der Waals surface area contributed by atoms with Crippen molar-refractivity contribution in [1.82, 2.24) is 0 Å². The van der Waals surface area contributed by atoms with E-state index in [0.29, 0.717) is 0 Å². The van der Waals surface area contributed by atoms with Crippen molar-refractivity contribution in [3.05, 3.63) is 21.9 Å². The van der Waals surface area contributed by atoms with Crippen LogP contribution in [-0.2, 0) is 11.3 Å². The van der Waals surface area contributed by atoms with Crippen molar-refractivity contribution in [3.63, 3.8) is 0 Å². The van der Waals surface area contributed by atoms with Gasteiger partial charge in [0.15, 0.2) is 11.5 Å². The minimum Gasteiger partial charge on any atom is -0.504 e. The zero-order chi connectivity index (χ0) is 10.7. The molecule has 1 rings (SSSR count). The van der Waals surface area contributed by atoms with Crippen molar-refractivity contribution in [3.8, 4) is 11.5 Å². The second kappa shape index (κ2) is 4.21. The van der Waals surface area contributed by atoms with Crippen molar-refractivity contribution < 1.29 is 19.4 Å². The molecule has 0 aromatic heterocycles. The molecule has 0 atom stereocenters. The number of aromatic hydroxyl groups is 2. The normalized spacial score (nSPS) is 9.57. The summed E-state index contributed by atoms with van der Waals surface area (Å²) in [5.41, 5.74) is -0.0105. The van der Waals surface area contributed by atoms with Gasteiger partial charge in [-0.15, -0.1) is 0 Å². The molecule has 0 aliphatic carbocycles. The molecule has 1 aromatic carbocycles. The highest BCUT2D eigenvalue weighted by atomic mass is 79.9. The van der Waals surface area contributed by atoms with E-state index in [4.69, 9.17) is 5.11 Å². The third kappa shape index (κ3) is 1.92. The molecule has 0 spiro atoms. The van der Waals surface area contributed by atoms with Crippen LogP contribution in [0, 0.1) is 5.82 Å². The molecule has 0 bridgehead atoms. The maximum absolute atomic E-state index is 13.1. The number of phenols is 2. The Balaban J connectivity index is 3.28. The molecule has 0 saturated heterocycles. The number of carbonyl (C=O) groups excluding carboxylic acids is 1. The number of isocyanates is 1. The molecule has 0 amide bonds. The van der Waals surface area contributed by atoms with Gasteiger partial charge >= 0.3 is 0 Å². The summed E-state index contributed by atoms with van der Waals surface area (Å²) in [6.07, 6.45) is 1.25. The van der Waals surface area contributed by atoms with Gasteiger partial charge in [0.05, 0.1) is 11.0 Å². The monoisotopic (exact) mass is 261 g/mol. The first kappa shape index (κ1) is 10.7. The average Bonchev–Trinajstić information content (AvgIpc) is 2.14. The number of phenolic OH excluding ortho intramolecular Hbond substituents is 2. The van der Waals surface area contributed by atoms with Gasteiger partial charge in [0.1, 0.15) is 5.82 Å². The van der Waals surface area contributed by atoms with Crippen LogP contribution in [0.5, 0.6) is 11.5 Å². The Labute approximate surface area is 86.8 Å². The van der Waals surface area contributed by atoms with Crippen molar-refractivity contribution in [2.24, 2.45) is 4.99 Å². The molecule has 1 aromatic rings. The van der Waals surface area contributed by atoms with E-state index >= 15 is 0 Å². The third-order valence-electron chi connectivity index (χ3n) is 1.57. The summed E-state index contributed by atoms with van der Waals surface area (Å²) in [5, 5.41) is 18.2. The smallest absolute Gasteiger partial charge is 0.235 e. The van der Waals surface area contributed by atoms with Crippen LogP contribution in [0.1, 0.15) is 5.56 Å². The molecule has 0 aliphatic heterocycles. The first-order valence-corrected chi connectivity index (χ1v) is 4.29. The van der Waals surface area contributed by atoms with Gasteiger partial charge in [-0.25, -0.2) is 14.2 Å². The van der Waals surface area contributed by atoms with Crippen LogP contribution in [0.2, 0.25) is 0 Å². The Morgan fingerprint density at radius 1 is 1.57 bits per heavy atom. The highest BCUT2D eigenvalue weighted by molar-refractivity contribution is 9.10. The van der Waals surface area contributed by atoms with Crippen LogP contribution in [0.25, 0.3) is 0 Å². The van der Waals surface area contributed by atoms with E-state index in [2.05, 4.69) is 20.9 Å². The zero-order valence-corrected chi connectivity index (χ0v) is 8.38. The van der Waals surface area contributed by atoms with Gasteiger partial charge < -0.3 is 10.2 Å². The average molecular weight is 262 g/mol. The molecule has 0 unspecified atom stereocenters. The van der Waals surface area contributed by atoms with Gasteiger partial charge in [0, 0.05) is 11.6 Å². The van der Waals surface area contributed by atoms with Crippen LogP contribution >= 0.6 is 15.9 Å². The minimum atomic E-state index is -0.758. The first-order chi connectivity index (χ1) is 6.57. The lowest BCUT2D eigenvalue weighted by atomic mass is 10.2. The van der Waals surface area contributed by atoms with Gasteiger partial charge in [-0.05, 0) is 15.9 Å². The molecule has 0 saturated carbocycles. The molecule has 14 heavy (non-hydrogen) atoms. The number of aliphatic imine (C=N–C) groups is 1. The van der Waals surface area contributed by atoms with Gasteiger partial charge in [-0.3, -0.25) is 0 Å². The van der Waals surface area contributed by atoms with E-state index < -0.39 is 17.3 Å². The predicted octanol–water partition coefficient (Wildman–Crippen LogP) is 1.84. The fourth-order valence-corrected chi connectivity index (χ4v) is 1.41. The molecule has 0 aliphatic rings. The Morgan fingerprint density at radius 2 is 2.21 bits per heavy atom. The number of hydrogen-bond donors (Lipinski definition) is 2. The number of nitrogens with zero attached hydrogens (tertiary/aromatic N) is 1. The Bertz CT molecular complexity index is 416. The van der Waals surface area contributed by atoms with E-state index in [1.165, 1.54) is 6.08 Å². The molecular formula is C8H5BrFNO3. The fraction of sp³-hybridized carbons (Fsp3) is 0.125. The van der Waals surface area contributed by atoms with Crippen molar-refractivity contribution >= 4 is 22.0 Å². The first-order valence-electron chi connectivity index (χ1n) is 3.50. The molecule has 0 heterocycles. The summed E-state index contributed by atoms with van der Waals surface area (Å²) >= 11 is 2.87. The molecule has 0 radical (unpaired) electrons. The third-order valence-corrected chi connectivity index (χ3v) is 2.42. The minimum absolute atomic E-state index is 0.0105. The molecule has 0 fully saturated rings. The standard InChI is InChI=1S/C8H5BrFNO3/c9-7-4(2-11-3-12)5(10)1-6(13)8(7)14/h1,13-14H,2H2. The van der Waals surface area contributed by atoms with Crippen LogP contribution < -0.4 is 0 Å². The van der Waals surface area contributed by atoms with Gasteiger partial charge in [0.25, 0.3) is 0 Å². The maximum atomic E-state index is 13.1. The van der Waals surface area contributed by atoms with Crippen LogP contribution in [-0.4, -0.2) is 16.3 Å². The number of hydrogen-bond acceptors (Lipinski definition) is 4. The van der Waals surface area contributed by atoms with Gasteiger partial charge in [-0.2, -0.15) is 0 Å². The molecule has 6 heteroatoms. The van der Waals surface area contributed by atoms with Crippen molar-refractivity contribution in [2.45, 2.75) is 6.54 Å². The lowest BCUT2D eigenvalue weighted by Gasteiger charge is -2.06. The van der Waals surface area contributed by atoms with Crippen LogP contribution in [0.3, 0.4) is 0 Å². The van der Waals surface area contributed by atoms with E-state index in [9.17, 15) is 14.3 Å². The van der Waals surface area contributed by atoms with E-state index in [1.807, 2.05) is 0 Å². The van der Waals surface area contributed by atoms with Crippen LogP contribution in [0.4, 0.5) is 4.39 Å². The molecule has 4 nitrogen and oxygen atoms in total. The predicted molar refractivity (Wildman–Crippen MR) is 49.3 cm³/mol. The number of rotatable bonds is 2. The lowest BCUT2D eigenvalue weighted by Crippen LogP contribution is -1.91. The molecular weight excluding hydrogens is 257 g/mol. The van der Waals surface area contributed by atoms with Gasteiger partial charge in [0.2, 0.25) is 6.08 Å². The SMILES string of the molecule is O=C=NCc1c(F)cc(O)c(O)c1Br. The Kier molecular flexibility index (Phi) is 3.22. The van der Waals surface area contributed by atoms with Gasteiger partial charge in [-0.1, -0.05) is 0 Å². The zero-order valence-electron chi connectivity index (χ0n) is 6.79. The Hall–Kier alpha value is -1.39. The lowest BCUT2D eigenvalue weighted by molar-refractivity contribution is 0.396. The summed E-state index contributed by atoms with van der Waals surface area (Å²) in [7, 11) is 0. The summed E-state index contributed by atoms with van der Waals surface area (Å²) in [6.45, 7) is -0.246. The number of benzene rings is 1. The quantitative estimate of drug-likeness (QED) is 0.485. The topological polar surface area (TPSA) is 69.9 Å². The summed E-state index contributed by atoms with van der Waals surface area (Å²) < 4.78 is 13.1. The largest absolute Gasteiger partial charge is 0.504 e. The second-order valence-corrected chi connectivity index (χ2v) is 3.22. The summed E-state index contributed by atoms with van der Waals surface area (Å²) in [6, 6.07) is 0.746. The van der Waals surface area contributed by atoms with E-state index in [-0.39, 0.29) is 16.6 Å². The number of halogens is 2.